The molecule has 1 heterocycles. The van der Waals surface area contributed by atoms with Crippen molar-refractivity contribution in [1.82, 2.24) is 10.2 Å². The van der Waals surface area contributed by atoms with Crippen LogP contribution >= 0.6 is 27.3 Å². The molecular weight excluding hydrogens is 242 g/mol. The van der Waals surface area contributed by atoms with E-state index in [1.165, 1.54) is 11.3 Å². The summed E-state index contributed by atoms with van der Waals surface area (Å²) in [4.78, 5) is 10.6. The summed E-state index contributed by atoms with van der Waals surface area (Å²) in [5.74, 6) is 0.172. The molecule has 0 spiro atoms. The molecule has 0 aliphatic rings. The first-order valence-electron chi connectivity index (χ1n) is 3.41. The standard InChI is InChI=1S/C6H8BrN3OS/c1-4(11)2-3-8-6-10-9-5(7)12-6/h2-3H2,1H3,(H,8,10). The second-order valence-corrected chi connectivity index (χ2v) is 4.49. The molecule has 0 fully saturated rings. The van der Waals surface area contributed by atoms with E-state index in [1.54, 1.807) is 6.92 Å². The number of carbonyl (C=O) groups is 1. The van der Waals surface area contributed by atoms with Gasteiger partial charge in [0.2, 0.25) is 5.13 Å². The molecule has 0 unspecified atom stereocenters. The van der Waals surface area contributed by atoms with Crippen molar-refractivity contribution in [3.8, 4) is 0 Å². The number of Topliss-reactive ketones (excluding diaryl/α,β-unsaturated/α-hetero) is 1. The molecule has 1 N–H and O–H groups in total. The maximum absolute atomic E-state index is 10.6. The van der Waals surface area contributed by atoms with Crippen LogP contribution < -0.4 is 5.32 Å². The molecule has 1 rings (SSSR count). The monoisotopic (exact) mass is 249 g/mol. The zero-order valence-electron chi connectivity index (χ0n) is 6.50. The summed E-state index contributed by atoms with van der Waals surface area (Å²) in [5, 5.41) is 11.3. The number of halogens is 1. The quantitative estimate of drug-likeness (QED) is 0.883. The van der Waals surface area contributed by atoms with Crippen LogP contribution in [0.15, 0.2) is 3.92 Å². The van der Waals surface area contributed by atoms with Gasteiger partial charge in [0.05, 0.1) is 0 Å². The van der Waals surface area contributed by atoms with Gasteiger partial charge in [0.1, 0.15) is 5.78 Å². The van der Waals surface area contributed by atoms with Gasteiger partial charge in [-0.1, -0.05) is 11.3 Å². The first-order chi connectivity index (χ1) is 5.68. The third kappa shape index (κ3) is 3.27. The minimum absolute atomic E-state index is 0.172. The van der Waals surface area contributed by atoms with Crippen molar-refractivity contribution in [3.63, 3.8) is 0 Å². The highest BCUT2D eigenvalue weighted by atomic mass is 79.9. The molecule has 0 saturated carbocycles. The second kappa shape index (κ2) is 4.51. The Kier molecular flexibility index (Phi) is 3.61. The maximum atomic E-state index is 10.6. The lowest BCUT2D eigenvalue weighted by atomic mass is 10.3. The Balaban J connectivity index is 2.29. The molecule has 0 amide bonds. The van der Waals surface area contributed by atoms with Crippen molar-refractivity contribution in [2.24, 2.45) is 0 Å². The minimum Gasteiger partial charge on any atom is -0.360 e. The Morgan fingerprint density at radius 2 is 2.42 bits per heavy atom. The Hall–Kier alpha value is -0.490. The average Bonchev–Trinajstić information content (AvgIpc) is 2.35. The minimum atomic E-state index is 0.172. The molecule has 0 bridgehead atoms. The molecule has 1 aromatic rings. The number of aromatic nitrogens is 2. The number of carbonyl (C=O) groups excluding carboxylic acids is 1. The lowest BCUT2D eigenvalue weighted by Crippen LogP contribution is -2.05. The van der Waals surface area contributed by atoms with Gasteiger partial charge >= 0.3 is 0 Å². The van der Waals surface area contributed by atoms with Crippen LogP contribution in [0.5, 0.6) is 0 Å². The first-order valence-corrected chi connectivity index (χ1v) is 5.02. The number of ketones is 1. The number of anilines is 1. The lowest BCUT2D eigenvalue weighted by molar-refractivity contribution is -0.116. The van der Waals surface area contributed by atoms with Crippen LogP contribution in [0.4, 0.5) is 5.13 Å². The van der Waals surface area contributed by atoms with E-state index in [0.29, 0.717) is 13.0 Å². The van der Waals surface area contributed by atoms with E-state index in [9.17, 15) is 4.79 Å². The normalized spacial score (nSPS) is 9.83. The van der Waals surface area contributed by atoms with Gasteiger partial charge in [-0.05, 0) is 22.9 Å². The highest BCUT2D eigenvalue weighted by Gasteiger charge is 1.99. The van der Waals surface area contributed by atoms with Gasteiger partial charge in [-0.15, -0.1) is 10.2 Å². The van der Waals surface area contributed by atoms with E-state index in [-0.39, 0.29) is 5.78 Å². The van der Waals surface area contributed by atoms with Crippen LogP contribution in [-0.2, 0) is 4.79 Å². The van der Waals surface area contributed by atoms with Gasteiger partial charge in [-0.2, -0.15) is 0 Å². The molecule has 0 atom stereocenters. The summed E-state index contributed by atoms with van der Waals surface area (Å²) >= 11 is 4.60. The third-order valence-corrected chi connectivity index (χ3v) is 2.47. The Labute approximate surface area is 82.5 Å². The van der Waals surface area contributed by atoms with Crippen LogP contribution in [-0.4, -0.2) is 22.5 Å². The number of hydrogen-bond acceptors (Lipinski definition) is 5. The average molecular weight is 250 g/mol. The third-order valence-electron chi connectivity index (χ3n) is 1.15. The molecule has 0 aromatic carbocycles. The molecule has 0 aliphatic heterocycles. The topological polar surface area (TPSA) is 54.9 Å². The zero-order chi connectivity index (χ0) is 8.97. The zero-order valence-corrected chi connectivity index (χ0v) is 8.91. The summed E-state index contributed by atoms with van der Waals surface area (Å²) in [7, 11) is 0. The summed E-state index contributed by atoms with van der Waals surface area (Å²) in [6, 6.07) is 0. The Bertz CT molecular complexity index is 276. The fourth-order valence-corrected chi connectivity index (χ4v) is 1.66. The fraction of sp³-hybridized carbons (Fsp3) is 0.500. The fourth-order valence-electron chi connectivity index (χ4n) is 0.622. The van der Waals surface area contributed by atoms with Gasteiger partial charge < -0.3 is 5.32 Å². The van der Waals surface area contributed by atoms with Gasteiger partial charge in [0.25, 0.3) is 0 Å². The summed E-state index contributed by atoms with van der Waals surface area (Å²) in [6.07, 6.45) is 0.525. The van der Waals surface area contributed by atoms with Crippen molar-refractivity contribution in [2.75, 3.05) is 11.9 Å². The van der Waals surface area contributed by atoms with Crippen molar-refractivity contribution in [1.29, 1.82) is 0 Å². The van der Waals surface area contributed by atoms with Crippen LogP contribution in [0.3, 0.4) is 0 Å². The summed E-state index contributed by atoms with van der Waals surface area (Å²) in [6.45, 7) is 2.19. The van der Waals surface area contributed by atoms with E-state index >= 15 is 0 Å². The largest absolute Gasteiger partial charge is 0.360 e. The number of nitrogens with zero attached hydrogens (tertiary/aromatic N) is 2. The van der Waals surface area contributed by atoms with Gasteiger partial charge in [0, 0.05) is 13.0 Å². The van der Waals surface area contributed by atoms with Crippen LogP contribution in [0.25, 0.3) is 0 Å². The van der Waals surface area contributed by atoms with Crippen molar-refractivity contribution < 1.29 is 4.79 Å². The highest BCUT2D eigenvalue weighted by molar-refractivity contribution is 9.11. The molecule has 1 aromatic heterocycles. The number of hydrogen-bond donors (Lipinski definition) is 1. The smallest absolute Gasteiger partial charge is 0.206 e. The van der Waals surface area contributed by atoms with E-state index in [0.717, 1.165) is 9.05 Å². The molecule has 4 nitrogen and oxygen atoms in total. The van der Waals surface area contributed by atoms with Gasteiger partial charge in [0.15, 0.2) is 3.92 Å². The van der Waals surface area contributed by atoms with Crippen molar-refractivity contribution in [2.45, 2.75) is 13.3 Å². The molecule has 12 heavy (non-hydrogen) atoms. The van der Waals surface area contributed by atoms with E-state index in [4.69, 9.17) is 0 Å². The predicted octanol–water partition coefficient (Wildman–Crippen LogP) is 1.69. The molecule has 0 aliphatic carbocycles. The number of nitrogens with one attached hydrogen (secondary N) is 1. The van der Waals surface area contributed by atoms with Crippen LogP contribution in [0.2, 0.25) is 0 Å². The van der Waals surface area contributed by atoms with Crippen molar-refractivity contribution in [3.05, 3.63) is 3.92 Å². The summed E-state index contributed by atoms with van der Waals surface area (Å²) < 4.78 is 0.743. The van der Waals surface area contributed by atoms with Gasteiger partial charge in [-0.25, -0.2) is 0 Å². The molecule has 66 valence electrons. The van der Waals surface area contributed by atoms with Gasteiger partial charge in [-0.3, -0.25) is 4.79 Å². The van der Waals surface area contributed by atoms with Crippen molar-refractivity contribution >= 4 is 38.2 Å². The highest BCUT2D eigenvalue weighted by Crippen LogP contribution is 2.19. The lowest BCUT2D eigenvalue weighted by Gasteiger charge is -1.96. The van der Waals surface area contributed by atoms with E-state index in [2.05, 4.69) is 31.4 Å². The van der Waals surface area contributed by atoms with Crippen LogP contribution in [0, 0.1) is 0 Å². The first kappa shape index (κ1) is 9.60. The predicted molar refractivity (Wildman–Crippen MR) is 51.4 cm³/mol. The molecule has 0 saturated heterocycles. The number of rotatable bonds is 4. The Morgan fingerprint density at radius 3 is 2.92 bits per heavy atom. The second-order valence-electron chi connectivity index (χ2n) is 2.24. The maximum Gasteiger partial charge on any atom is 0.206 e. The summed E-state index contributed by atoms with van der Waals surface area (Å²) in [5.41, 5.74) is 0. The van der Waals surface area contributed by atoms with E-state index < -0.39 is 0 Å². The van der Waals surface area contributed by atoms with E-state index in [1.807, 2.05) is 0 Å². The SMILES string of the molecule is CC(=O)CCNc1nnc(Br)s1. The molecular formula is C6H8BrN3OS. The molecule has 6 heteroatoms. The van der Waals surface area contributed by atoms with Crippen LogP contribution in [0.1, 0.15) is 13.3 Å². The Morgan fingerprint density at radius 1 is 1.67 bits per heavy atom. The molecule has 0 radical (unpaired) electrons.